The van der Waals surface area contributed by atoms with Crippen LogP contribution in [0.3, 0.4) is 0 Å². The summed E-state index contributed by atoms with van der Waals surface area (Å²) in [5.74, 6) is 0.104. The summed E-state index contributed by atoms with van der Waals surface area (Å²) in [6.45, 7) is 4.80. The molecule has 0 aliphatic rings. The Morgan fingerprint density at radius 3 is 2.65 bits per heavy atom. The summed E-state index contributed by atoms with van der Waals surface area (Å²) in [6, 6.07) is 10.4. The fourth-order valence-electron chi connectivity index (χ4n) is 1.94. The van der Waals surface area contributed by atoms with Crippen LogP contribution in [0.2, 0.25) is 0 Å². The van der Waals surface area contributed by atoms with Crippen molar-refractivity contribution in [2.45, 2.75) is 39.5 Å². The van der Waals surface area contributed by atoms with Gasteiger partial charge in [0.05, 0.1) is 6.42 Å². The number of allylic oxidation sites excluding steroid dienone is 3. The maximum atomic E-state index is 11.8. The smallest absolute Gasteiger partial charge is 0.224 e. The summed E-state index contributed by atoms with van der Waals surface area (Å²) in [5, 5.41) is 2.98. The molecule has 0 atom stereocenters. The molecule has 0 aliphatic heterocycles. The number of carbonyl (C=O) groups excluding carboxylic acids is 1. The third-order valence-electron chi connectivity index (χ3n) is 3.11. The van der Waals surface area contributed by atoms with Gasteiger partial charge in [-0.2, -0.15) is 0 Å². The molecule has 0 spiro atoms. The summed E-state index contributed by atoms with van der Waals surface area (Å²) < 4.78 is 0. The Balaban J connectivity index is 2.21. The van der Waals surface area contributed by atoms with Crippen LogP contribution in [0.25, 0.3) is 0 Å². The molecule has 1 N–H and O–H groups in total. The molecule has 0 radical (unpaired) electrons. The quantitative estimate of drug-likeness (QED) is 0.561. The maximum absolute atomic E-state index is 11.8. The van der Waals surface area contributed by atoms with Gasteiger partial charge < -0.3 is 5.32 Å². The van der Waals surface area contributed by atoms with Crippen molar-refractivity contribution >= 4 is 5.91 Å². The Hall–Kier alpha value is -1.83. The zero-order valence-electron chi connectivity index (χ0n) is 12.6. The molecule has 1 aromatic carbocycles. The van der Waals surface area contributed by atoms with E-state index in [0.29, 0.717) is 6.42 Å². The van der Waals surface area contributed by atoms with Crippen LogP contribution >= 0.6 is 0 Å². The van der Waals surface area contributed by atoms with Crippen LogP contribution in [0.4, 0.5) is 0 Å². The van der Waals surface area contributed by atoms with E-state index in [1.54, 1.807) is 0 Å². The molecular weight excluding hydrogens is 246 g/mol. The first-order chi connectivity index (χ1) is 9.76. The highest BCUT2D eigenvalue weighted by molar-refractivity contribution is 5.79. The van der Waals surface area contributed by atoms with Crippen LogP contribution in [0.1, 0.15) is 38.7 Å². The lowest BCUT2D eigenvalue weighted by Gasteiger charge is -2.06. The van der Waals surface area contributed by atoms with Crippen molar-refractivity contribution < 1.29 is 4.79 Å². The Morgan fingerprint density at radius 2 is 2.00 bits per heavy atom. The number of rotatable bonds is 8. The molecule has 108 valence electrons. The number of hydrogen-bond acceptors (Lipinski definition) is 1. The predicted octanol–water partition coefficient (Wildman–Crippen LogP) is 4.04. The van der Waals surface area contributed by atoms with Gasteiger partial charge in [0.15, 0.2) is 0 Å². The molecule has 0 fully saturated rings. The summed E-state index contributed by atoms with van der Waals surface area (Å²) >= 11 is 0. The first-order valence-electron chi connectivity index (χ1n) is 7.38. The molecule has 20 heavy (non-hydrogen) atoms. The first kappa shape index (κ1) is 16.2. The van der Waals surface area contributed by atoms with E-state index in [2.05, 4.69) is 30.4 Å². The molecule has 0 bridgehead atoms. The van der Waals surface area contributed by atoms with E-state index < -0.39 is 0 Å². The van der Waals surface area contributed by atoms with E-state index in [9.17, 15) is 4.79 Å². The highest BCUT2D eigenvalue weighted by atomic mass is 16.1. The van der Waals surface area contributed by atoms with Crippen molar-refractivity contribution in [1.29, 1.82) is 0 Å². The minimum absolute atomic E-state index is 0.104. The number of hydrogen-bond donors (Lipinski definition) is 1. The summed E-state index contributed by atoms with van der Waals surface area (Å²) in [4.78, 5) is 11.8. The number of benzene rings is 1. The molecule has 2 nitrogen and oxygen atoms in total. The highest BCUT2D eigenvalue weighted by Gasteiger charge is 2.02. The monoisotopic (exact) mass is 271 g/mol. The van der Waals surface area contributed by atoms with E-state index >= 15 is 0 Å². The Kier molecular flexibility index (Phi) is 8.13. The van der Waals surface area contributed by atoms with Crippen molar-refractivity contribution in [3.63, 3.8) is 0 Å². The SMILES string of the molecule is C/C=C(\C=C/CC)CC(=O)NCCCc1ccccc1. The average molecular weight is 271 g/mol. The molecule has 0 saturated heterocycles. The van der Waals surface area contributed by atoms with E-state index in [0.717, 1.165) is 31.4 Å². The average Bonchev–Trinajstić information content (AvgIpc) is 2.49. The van der Waals surface area contributed by atoms with Crippen LogP contribution in [-0.4, -0.2) is 12.5 Å². The standard InChI is InChI=1S/C18H25NO/c1-3-5-10-16(4-2)15-18(20)19-14-9-13-17-11-7-6-8-12-17/h4-8,10-12H,3,9,13-15H2,1-2H3,(H,19,20)/b10-5-,16-4+. The van der Waals surface area contributed by atoms with Gasteiger partial charge in [-0.05, 0) is 37.3 Å². The lowest BCUT2D eigenvalue weighted by atomic mass is 10.1. The van der Waals surface area contributed by atoms with Gasteiger partial charge in [0.2, 0.25) is 5.91 Å². The Morgan fingerprint density at radius 1 is 1.25 bits per heavy atom. The van der Waals surface area contributed by atoms with E-state index in [-0.39, 0.29) is 5.91 Å². The molecule has 0 unspecified atom stereocenters. The summed E-state index contributed by atoms with van der Waals surface area (Å²) in [7, 11) is 0. The number of nitrogens with one attached hydrogen (secondary N) is 1. The van der Waals surface area contributed by atoms with Gasteiger partial charge >= 0.3 is 0 Å². The lowest BCUT2D eigenvalue weighted by molar-refractivity contribution is -0.120. The number of aryl methyl sites for hydroxylation is 1. The van der Waals surface area contributed by atoms with Crippen molar-refractivity contribution in [1.82, 2.24) is 5.32 Å². The maximum Gasteiger partial charge on any atom is 0.224 e. The zero-order chi connectivity index (χ0) is 14.6. The molecule has 1 aromatic rings. The van der Waals surface area contributed by atoms with Gasteiger partial charge in [0.25, 0.3) is 0 Å². The first-order valence-corrected chi connectivity index (χ1v) is 7.38. The van der Waals surface area contributed by atoms with Crippen LogP contribution in [0, 0.1) is 0 Å². The molecular formula is C18H25NO. The minimum Gasteiger partial charge on any atom is -0.356 e. The van der Waals surface area contributed by atoms with Crippen molar-refractivity contribution in [3.8, 4) is 0 Å². The van der Waals surface area contributed by atoms with Crippen LogP contribution in [0.15, 0.2) is 54.1 Å². The van der Waals surface area contributed by atoms with Gasteiger partial charge in [0.1, 0.15) is 0 Å². The van der Waals surface area contributed by atoms with Crippen LogP contribution in [-0.2, 0) is 11.2 Å². The lowest BCUT2D eigenvalue weighted by Crippen LogP contribution is -2.24. The van der Waals surface area contributed by atoms with Gasteiger partial charge in [-0.1, -0.05) is 55.5 Å². The molecule has 0 aromatic heterocycles. The fraction of sp³-hybridized carbons (Fsp3) is 0.389. The molecule has 0 heterocycles. The van der Waals surface area contributed by atoms with E-state index in [1.807, 2.05) is 37.3 Å². The second kappa shape index (κ2) is 10.0. The number of carbonyl (C=O) groups is 1. The molecule has 2 heteroatoms. The summed E-state index contributed by atoms with van der Waals surface area (Å²) in [5.41, 5.74) is 2.40. The second-order valence-electron chi connectivity index (χ2n) is 4.79. The van der Waals surface area contributed by atoms with Crippen LogP contribution < -0.4 is 5.32 Å². The Labute approximate surface area is 122 Å². The third kappa shape index (κ3) is 6.93. The number of amides is 1. The molecule has 0 aliphatic carbocycles. The van der Waals surface area contributed by atoms with Gasteiger partial charge in [-0.3, -0.25) is 4.79 Å². The van der Waals surface area contributed by atoms with Gasteiger partial charge in [-0.15, -0.1) is 0 Å². The predicted molar refractivity (Wildman–Crippen MR) is 85.6 cm³/mol. The topological polar surface area (TPSA) is 29.1 Å². The highest BCUT2D eigenvalue weighted by Crippen LogP contribution is 2.05. The largest absolute Gasteiger partial charge is 0.356 e. The summed E-state index contributed by atoms with van der Waals surface area (Å²) in [6.07, 6.45) is 9.56. The molecule has 1 amide bonds. The molecule has 0 saturated carbocycles. The fourth-order valence-corrected chi connectivity index (χ4v) is 1.94. The van der Waals surface area contributed by atoms with Crippen molar-refractivity contribution in [2.24, 2.45) is 0 Å². The van der Waals surface area contributed by atoms with Crippen molar-refractivity contribution in [3.05, 3.63) is 59.7 Å². The van der Waals surface area contributed by atoms with Crippen molar-refractivity contribution in [2.75, 3.05) is 6.54 Å². The normalized spacial score (nSPS) is 11.8. The van der Waals surface area contributed by atoms with E-state index in [1.165, 1.54) is 5.56 Å². The van der Waals surface area contributed by atoms with Crippen LogP contribution in [0.5, 0.6) is 0 Å². The minimum atomic E-state index is 0.104. The zero-order valence-corrected chi connectivity index (χ0v) is 12.6. The Bertz CT molecular complexity index is 446. The van der Waals surface area contributed by atoms with Gasteiger partial charge in [0, 0.05) is 6.54 Å². The third-order valence-corrected chi connectivity index (χ3v) is 3.11. The second-order valence-corrected chi connectivity index (χ2v) is 4.79. The van der Waals surface area contributed by atoms with E-state index in [4.69, 9.17) is 0 Å². The van der Waals surface area contributed by atoms with Gasteiger partial charge in [-0.25, -0.2) is 0 Å². The molecule has 1 rings (SSSR count).